The van der Waals surface area contributed by atoms with E-state index in [1.807, 2.05) is 48.3 Å². The highest BCUT2D eigenvalue weighted by molar-refractivity contribution is 5.63. The molecule has 1 atom stereocenters. The van der Waals surface area contributed by atoms with Crippen LogP contribution in [0.1, 0.15) is 28.3 Å². The number of hydrogen-bond donors (Lipinski definition) is 2. The van der Waals surface area contributed by atoms with Gasteiger partial charge in [-0.15, -0.1) is 0 Å². The van der Waals surface area contributed by atoms with Gasteiger partial charge in [-0.05, 0) is 30.7 Å². The molecule has 2 aliphatic rings. The summed E-state index contributed by atoms with van der Waals surface area (Å²) in [6, 6.07) is 10.5. The maximum Gasteiger partial charge on any atom is 0.331 e. The number of fused-ring (bicyclic) bond motifs is 2. The largest absolute Gasteiger partial charge is 0.494 e. The van der Waals surface area contributed by atoms with Crippen molar-refractivity contribution in [1.29, 1.82) is 0 Å². The van der Waals surface area contributed by atoms with Crippen LogP contribution in [0, 0.1) is 0 Å². The maximum atomic E-state index is 13.0. The molecule has 2 aliphatic heterocycles. The quantitative estimate of drug-likeness (QED) is 0.639. The molecule has 0 saturated heterocycles. The lowest BCUT2D eigenvalue weighted by Gasteiger charge is -2.36. The van der Waals surface area contributed by atoms with Crippen LogP contribution in [0.4, 0.5) is 0 Å². The Hall–Kier alpha value is -3.72. The number of ether oxygens (including phenoxy) is 3. The molecule has 0 spiro atoms. The zero-order valence-electron chi connectivity index (χ0n) is 17.8. The standard InChI is InChI=1S/C23H23N3O6/c1-25-9-8-14-10-15-19(32-12-31-15)20(30-2)16(14)18(25)17-21(27)24-23(29)26(22(17)28)11-13-6-4-3-5-7-13/h3-7,10,18,28H,8-9,11-12H2,1-2H3,(H,24,27,29)/t18-/m0/s1. The number of aromatic nitrogens is 2. The molecule has 1 aromatic heterocycles. The van der Waals surface area contributed by atoms with Gasteiger partial charge in [0.2, 0.25) is 18.4 Å². The van der Waals surface area contributed by atoms with Crippen LogP contribution in [-0.4, -0.2) is 47.1 Å². The topological polar surface area (TPSA) is 106 Å². The Morgan fingerprint density at radius 1 is 1.19 bits per heavy atom. The maximum absolute atomic E-state index is 13.0. The van der Waals surface area contributed by atoms with E-state index in [0.717, 1.165) is 16.7 Å². The molecule has 0 unspecified atom stereocenters. The normalized spacial score (nSPS) is 17.2. The third-order valence-electron chi connectivity index (χ3n) is 6.06. The monoisotopic (exact) mass is 437 g/mol. The van der Waals surface area contributed by atoms with Gasteiger partial charge in [0.15, 0.2) is 11.5 Å². The minimum absolute atomic E-state index is 0.0844. The molecule has 0 radical (unpaired) electrons. The van der Waals surface area contributed by atoms with Gasteiger partial charge in [0.1, 0.15) is 0 Å². The van der Waals surface area contributed by atoms with Crippen molar-refractivity contribution in [1.82, 2.24) is 14.5 Å². The molecule has 9 nitrogen and oxygen atoms in total. The van der Waals surface area contributed by atoms with Crippen molar-refractivity contribution in [3.05, 3.63) is 79.5 Å². The summed E-state index contributed by atoms with van der Waals surface area (Å²) in [5.41, 5.74) is 1.25. The molecular formula is C23H23N3O6. The molecule has 5 rings (SSSR count). The minimum Gasteiger partial charge on any atom is -0.494 e. The van der Waals surface area contributed by atoms with Gasteiger partial charge in [-0.1, -0.05) is 30.3 Å². The summed E-state index contributed by atoms with van der Waals surface area (Å²) in [6.45, 7) is 0.844. The SMILES string of the molecule is COc1c2c(cc3c1[C@@H](c1c(O)n(Cc4ccccc4)c(=O)[nH]c1=O)N(C)CC3)OCO2. The number of likely N-dealkylation sites (N-methyl/N-ethyl adjacent to an activating group) is 1. The number of aromatic hydroxyl groups is 1. The third kappa shape index (κ3) is 3.13. The Labute approximate surface area is 183 Å². The van der Waals surface area contributed by atoms with Crippen molar-refractivity contribution in [2.75, 3.05) is 27.5 Å². The van der Waals surface area contributed by atoms with Crippen molar-refractivity contribution < 1.29 is 19.3 Å². The van der Waals surface area contributed by atoms with Gasteiger partial charge >= 0.3 is 5.69 Å². The molecule has 0 amide bonds. The zero-order valence-corrected chi connectivity index (χ0v) is 17.8. The lowest BCUT2D eigenvalue weighted by atomic mass is 9.87. The summed E-state index contributed by atoms with van der Waals surface area (Å²) in [5, 5.41) is 11.2. The summed E-state index contributed by atoms with van der Waals surface area (Å²) in [7, 11) is 3.40. The van der Waals surface area contributed by atoms with E-state index in [0.29, 0.717) is 30.2 Å². The molecule has 2 aromatic carbocycles. The van der Waals surface area contributed by atoms with Crippen molar-refractivity contribution in [3.63, 3.8) is 0 Å². The number of nitrogens with one attached hydrogen (secondary N) is 1. The number of rotatable bonds is 4. The Morgan fingerprint density at radius 3 is 2.72 bits per heavy atom. The average molecular weight is 437 g/mol. The molecule has 32 heavy (non-hydrogen) atoms. The van der Waals surface area contributed by atoms with E-state index in [9.17, 15) is 14.7 Å². The van der Waals surface area contributed by atoms with Crippen molar-refractivity contribution in [2.24, 2.45) is 0 Å². The number of aromatic amines is 1. The lowest BCUT2D eigenvalue weighted by molar-refractivity contribution is 0.170. The second-order valence-electron chi connectivity index (χ2n) is 7.92. The summed E-state index contributed by atoms with van der Waals surface area (Å²) in [4.78, 5) is 29.9. The first-order valence-electron chi connectivity index (χ1n) is 10.3. The number of nitrogens with zero attached hydrogens (tertiary/aromatic N) is 2. The van der Waals surface area contributed by atoms with E-state index in [-0.39, 0.29) is 24.8 Å². The van der Waals surface area contributed by atoms with Gasteiger partial charge in [-0.2, -0.15) is 0 Å². The first-order chi connectivity index (χ1) is 15.5. The van der Waals surface area contributed by atoms with Gasteiger partial charge in [-0.25, -0.2) is 4.79 Å². The third-order valence-corrected chi connectivity index (χ3v) is 6.06. The highest BCUT2D eigenvalue weighted by Crippen LogP contribution is 2.51. The Balaban J connectivity index is 1.72. The predicted octanol–water partition coefficient (Wildman–Crippen LogP) is 1.61. The van der Waals surface area contributed by atoms with Gasteiger partial charge in [-0.3, -0.25) is 19.2 Å². The second kappa shape index (κ2) is 7.76. The van der Waals surface area contributed by atoms with Crippen LogP contribution < -0.4 is 25.5 Å². The van der Waals surface area contributed by atoms with E-state index in [1.54, 1.807) is 0 Å². The van der Waals surface area contributed by atoms with Crippen LogP contribution >= 0.6 is 0 Å². The molecule has 0 aliphatic carbocycles. The van der Waals surface area contributed by atoms with Crippen LogP contribution in [0.5, 0.6) is 23.1 Å². The van der Waals surface area contributed by atoms with E-state index < -0.39 is 17.3 Å². The van der Waals surface area contributed by atoms with Crippen LogP contribution in [0.25, 0.3) is 0 Å². The summed E-state index contributed by atoms with van der Waals surface area (Å²) >= 11 is 0. The number of H-pyrrole nitrogens is 1. The number of hydrogen-bond acceptors (Lipinski definition) is 7. The van der Waals surface area contributed by atoms with E-state index >= 15 is 0 Å². The Bertz CT molecular complexity index is 1300. The van der Waals surface area contributed by atoms with Crippen LogP contribution in [0.2, 0.25) is 0 Å². The first kappa shape index (κ1) is 20.2. The van der Waals surface area contributed by atoms with Crippen LogP contribution in [0.3, 0.4) is 0 Å². The molecule has 0 saturated carbocycles. The molecule has 2 N–H and O–H groups in total. The van der Waals surface area contributed by atoms with Gasteiger partial charge in [0, 0.05) is 12.1 Å². The minimum atomic E-state index is -0.670. The predicted molar refractivity (Wildman–Crippen MR) is 116 cm³/mol. The van der Waals surface area contributed by atoms with Crippen molar-refractivity contribution in [2.45, 2.75) is 19.0 Å². The fraction of sp³-hybridized carbons (Fsp3) is 0.304. The Kier molecular flexibility index (Phi) is 4.90. The lowest BCUT2D eigenvalue weighted by Crippen LogP contribution is -2.40. The summed E-state index contributed by atoms with van der Waals surface area (Å²) in [5.74, 6) is 1.16. The molecule has 3 aromatic rings. The van der Waals surface area contributed by atoms with Gasteiger partial charge < -0.3 is 19.3 Å². The van der Waals surface area contributed by atoms with E-state index in [4.69, 9.17) is 14.2 Å². The van der Waals surface area contributed by atoms with Gasteiger partial charge in [0.05, 0.1) is 25.3 Å². The molecule has 3 heterocycles. The Morgan fingerprint density at radius 2 is 1.97 bits per heavy atom. The highest BCUT2D eigenvalue weighted by Gasteiger charge is 2.38. The van der Waals surface area contributed by atoms with E-state index in [2.05, 4.69) is 4.98 Å². The number of methoxy groups -OCH3 is 1. The first-order valence-corrected chi connectivity index (χ1v) is 10.3. The number of benzene rings is 2. The summed E-state index contributed by atoms with van der Waals surface area (Å²) in [6.07, 6.45) is 0.706. The van der Waals surface area contributed by atoms with Crippen LogP contribution in [0.15, 0.2) is 46.0 Å². The smallest absolute Gasteiger partial charge is 0.331 e. The fourth-order valence-electron chi connectivity index (χ4n) is 4.53. The van der Waals surface area contributed by atoms with Crippen molar-refractivity contribution >= 4 is 0 Å². The highest BCUT2D eigenvalue weighted by atomic mass is 16.7. The summed E-state index contributed by atoms with van der Waals surface area (Å²) < 4.78 is 18.0. The second-order valence-corrected chi connectivity index (χ2v) is 7.92. The van der Waals surface area contributed by atoms with Gasteiger partial charge in [0.25, 0.3) is 5.56 Å². The molecule has 166 valence electrons. The van der Waals surface area contributed by atoms with Crippen molar-refractivity contribution in [3.8, 4) is 23.1 Å². The fourth-order valence-corrected chi connectivity index (χ4v) is 4.53. The average Bonchev–Trinajstić information content (AvgIpc) is 3.25. The van der Waals surface area contributed by atoms with E-state index in [1.165, 1.54) is 11.7 Å². The molecule has 9 heteroatoms. The molecule has 0 fully saturated rings. The van der Waals surface area contributed by atoms with Crippen LogP contribution in [-0.2, 0) is 13.0 Å². The zero-order chi connectivity index (χ0) is 22.4. The molecule has 0 bridgehead atoms. The molecular weight excluding hydrogens is 414 g/mol.